The molecule has 130 valence electrons. The second-order valence-electron chi connectivity index (χ2n) is 5.72. The minimum atomic E-state index is -0.953. The predicted molar refractivity (Wildman–Crippen MR) is 97.8 cm³/mol. The molecule has 0 heterocycles. The zero-order valence-corrected chi connectivity index (χ0v) is 14.2. The van der Waals surface area contributed by atoms with E-state index in [4.69, 9.17) is 4.74 Å². The zero-order valence-electron chi connectivity index (χ0n) is 14.2. The SMILES string of the molecule is CCCCC(Oc1ccc(C=CC(=O)c2ccccc2)cc1)C(=O)O. The highest BCUT2D eigenvalue weighted by Crippen LogP contribution is 2.17. The Morgan fingerprint density at radius 2 is 1.76 bits per heavy atom. The number of carboxylic acid groups (broad SMARTS) is 1. The molecule has 0 radical (unpaired) electrons. The highest BCUT2D eigenvalue weighted by molar-refractivity contribution is 6.06. The molecule has 2 aromatic carbocycles. The Kier molecular flexibility index (Phi) is 6.96. The van der Waals surface area contributed by atoms with E-state index in [0.29, 0.717) is 17.7 Å². The van der Waals surface area contributed by atoms with E-state index in [1.165, 1.54) is 6.08 Å². The quantitative estimate of drug-likeness (QED) is 0.536. The van der Waals surface area contributed by atoms with E-state index >= 15 is 0 Å². The van der Waals surface area contributed by atoms with Gasteiger partial charge in [-0.2, -0.15) is 0 Å². The van der Waals surface area contributed by atoms with Gasteiger partial charge in [0.15, 0.2) is 11.9 Å². The summed E-state index contributed by atoms with van der Waals surface area (Å²) < 4.78 is 5.54. The number of carbonyl (C=O) groups excluding carboxylic acids is 1. The molecule has 25 heavy (non-hydrogen) atoms. The van der Waals surface area contributed by atoms with Gasteiger partial charge in [-0.15, -0.1) is 0 Å². The molecule has 0 aromatic heterocycles. The molecule has 1 atom stereocenters. The fraction of sp³-hybridized carbons (Fsp3) is 0.238. The average Bonchev–Trinajstić information content (AvgIpc) is 2.64. The average molecular weight is 338 g/mol. The maximum atomic E-state index is 12.0. The van der Waals surface area contributed by atoms with Crippen molar-refractivity contribution < 1.29 is 19.4 Å². The summed E-state index contributed by atoms with van der Waals surface area (Å²) in [7, 11) is 0. The fourth-order valence-corrected chi connectivity index (χ4v) is 2.31. The Hall–Kier alpha value is -2.88. The minimum Gasteiger partial charge on any atom is -0.479 e. The third-order valence-electron chi connectivity index (χ3n) is 3.74. The molecule has 0 saturated heterocycles. The molecule has 0 amide bonds. The Morgan fingerprint density at radius 1 is 1.08 bits per heavy atom. The Bertz CT molecular complexity index is 717. The van der Waals surface area contributed by atoms with Crippen LogP contribution in [-0.2, 0) is 4.79 Å². The molecule has 4 heteroatoms. The highest BCUT2D eigenvalue weighted by atomic mass is 16.5. The molecule has 2 rings (SSSR count). The van der Waals surface area contributed by atoms with Crippen molar-refractivity contribution in [2.24, 2.45) is 0 Å². The standard InChI is InChI=1S/C21H22O4/c1-2-3-9-20(21(23)24)25-18-13-10-16(11-14-18)12-15-19(22)17-7-5-4-6-8-17/h4-8,10-15,20H,2-3,9H2,1H3,(H,23,24). The largest absolute Gasteiger partial charge is 0.479 e. The van der Waals surface area contributed by atoms with Crippen molar-refractivity contribution in [3.8, 4) is 5.75 Å². The Labute approximate surface area is 147 Å². The van der Waals surface area contributed by atoms with Crippen LogP contribution in [0, 0.1) is 0 Å². The number of unbranched alkanes of at least 4 members (excludes halogenated alkanes) is 1. The van der Waals surface area contributed by atoms with Gasteiger partial charge in [-0.3, -0.25) is 4.79 Å². The van der Waals surface area contributed by atoms with Crippen LogP contribution in [0.1, 0.15) is 42.1 Å². The van der Waals surface area contributed by atoms with Crippen molar-refractivity contribution in [3.05, 3.63) is 71.8 Å². The number of carbonyl (C=O) groups is 2. The number of rotatable bonds is 9. The molecule has 0 fully saturated rings. The van der Waals surface area contributed by atoms with Gasteiger partial charge in [0.2, 0.25) is 0 Å². The van der Waals surface area contributed by atoms with Gasteiger partial charge in [-0.25, -0.2) is 4.79 Å². The maximum absolute atomic E-state index is 12.0. The molecular formula is C21H22O4. The lowest BCUT2D eigenvalue weighted by Gasteiger charge is -2.14. The van der Waals surface area contributed by atoms with Gasteiger partial charge >= 0.3 is 5.97 Å². The van der Waals surface area contributed by atoms with Crippen LogP contribution in [0.4, 0.5) is 0 Å². The van der Waals surface area contributed by atoms with Gasteiger partial charge in [0, 0.05) is 5.56 Å². The van der Waals surface area contributed by atoms with Crippen LogP contribution >= 0.6 is 0 Å². The van der Waals surface area contributed by atoms with Crippen molar-refractivity contribution in [2.75, 3.05) is 0 Å². The first-order chi connectivity index (χ1) is 12.1. The fourth-order valence-electron chi connectivity index (χ4n) is 2.31. The van der Waals surface area contributed by atoms with E-state index in [-0.39, 0.29) is 5.78 Å². The maximum Gasteiger partial charge on any atom is 0.344 e. The molecule has 0 bridgehead atoms. The first-order valence-corrected chi connectivity index (χ1v) is 8.37. The number of allylic oxidation sites excluding steroid dienone is 1. The van der Waals surface area contributed by atoms with E-state index in [1.807, 2.05) is 25.1 Å². The molecule has 1 unspecified atom stereocenters. The highest BCUT2D eigenvalue weighted by Gasteiger charge is 2.18. The lowest BCUT2D eigenvalue weighted by atomic mass is 10.1. The van der Waals surface area contributed by atoms with E-state index in [0.717, 1.165) is 18.4 Å². The monoisotopic (exact) mass is 338 g/mol. The smallest absolute Gasteiger partial charge is 0.344 e. The lowest BCUT2D eigenvalue weighted by molar-refractivity contribution is -0.145. The topological polar surface area (TPSA) is 63.6 Å². The molecule has 0 aliphatic heterocycles. The normalized spacial score (nSPS) is 12.0. The van der Waals surface area contributed by atoms with Crippen LogP contribution in [0.2, 0.25) is 0 Å². The van der Waals surface area contributed by atoms with Gasteiger partial charge in [0.05, 0.1) is 0 Å². The van der Waals surface area contributed by atoms with Crippen molar-refractivity contribution in [1.82, 2.24) is 0 Å². The third-order valence-corrected chi connectivity index (χ3v) is 3.74. The second-order valence-corrected chi connectivity index (χ2v) is 5.72. The summed E-state index contributed by atoms with van der Waals surface area (Å²) in [6.45, 7) is 2.01. The van der Waals surface area contributed by atoms with E-state index in [9.17, 15) is 14.7 Å². The van der Waals surface area contributed by atoms with Gasteiger partial charge in [-0.1, -0.05) is 61.9 Å². The van der Waals surface area contributed by atoms with Crippen LogP contribution in [0.15, 0.2) is 60.7 Å². The summed E-state index contributed by atoms with van der Waals surface area (Å²) in [5.41, 5.74) is 1.48. The van der Waals surface area contributed by atoms with Crippen LogP contribution in [-0.4, -0.2) is 23.0 Å². The lowest BCUT2D eigenvalue weighted by Crippen LogP contribution is -2.26. The zero-order chi connectivity index (χ0) is 18.1. The minimum absolute atomic E-state index is 0.0635. The molecule has 0 aliphatic carbocycles. The number of aliphatic carboxylic acids is 1. The molecule has 0 aliphatic rings. The molecule has 0 saturated carbocycles. The van der Waals surface area contributed by atoms with Crippen LogP contribution in [0.5, 0.6) is 5.75 Å². The van der Waals surface area contributed by atoms with Gasteiger partial charge in [0.25, 0.3) is 0 Å². The van der Waals surface area contributed by atoms with Gasteiger partial charge in [-0.05, 0) is 36.6 Å². The predicted octanol–water partition coefficient (Wildman–Crippen LogP) is 4.60. The van der Waals surface area contributed by atoms with E-state index in [2.05, 4.69) is 0 Å². The molecular weight excluding hydrogens is 316 g/mol. The van der Waals surface area contributed by atoms with Crippen molar-refractivity contribution in [2.45, 2.75) is 32.3 Å². The number of ether oxygens (including phenoxy) is 1. The number of hydrogen-bond acceptors (Lipinski definition) is 3. The number of ketones is 1. The summed E-state index contributed by atoms with van der Waals surface area (Å²) in [6, 6.07) is 16.1. The van der Waals surface area contributed by atoms with Gasteiger partial charge < -0.3 is 9.84 Å². The molecule has 2 aromatic rings. The Balaban J connectivity index is 1.98. The number of benzene rings is 2. The van der Waals surface area contributed by atoms with E-state index in [1.54, 1.807) is 42.5 Å². The van der Waals surface area contributed by atoms with Crippen molar-refractivity contribution in [1.29, 1.82) is 0 Å². The summed E-state index contributed by atoms with van der Waals surface area (Å²) in [5.74, 6) is -0.507. The molecule has 0 spiro atoms. The van der Waals surface area contributed by atoms with Crippen molar-refractivity contribution in [3.63, 3.8) is 0 Å². The van der Waals surface area contributed by atoms with Crippen LogP contribution in [0.3, 0.4) is 0 Å². The number of carboxylic acids is 1. The third kappa shape index (κ3) is 5.92. The first-order valence-electron chi connectivity index (χ1n) is 8.37. The summed E-state index contributed by atoms with van der Waals surface area (Å²) in [6.07, 6.45) is 4.63. The molecule has 1 N–H and O–H groups in total. The summed E-state index contributed by atoms with van der Waals surface area (Å²) >= 11 is 0. The summed E-state index contributed by atoms with van der Waals surface area (Å²) in [5, 5.41) is 9.20. The first kappa shape index (κ1) is 18.5. The second kappa shape index (κ2) is 9.42. The molecule has 4 nitrogen and oxygen atoms in total. The van der Waals surface area contributed by atoms with E-state index < -0.39 is 12.1 Å². The number of hydrogen-bond donors (Lipinski definition) is 1. The van der Waals surface area contributed by atoms with Crippen LogP contribution < -0.4 is 4.74 Å². The van der Waals surface area contributed by atoms with Crippen LogP contribution in [0.25, 0.3) is 6.08 Å². The van der Waals surface area contributed by atoms with Crippen molar-refractivity contribution >= 4 is 17.8 Å². The summed E-state index contributed by atoms with van der Waals surface area (Å²) in [4.78, 5) is 23.2. The Morgan fingerprint density at radius 3 is 2.36 bits per heavy atom. The van der Waals surface area contributed by atoms with Gasteiger partial charge in [0.1, 0.15) is 5.75 Å².